The molecule has 0 aromatic heterocycles. The van der Waals surface area contributed by atoms with Gasteiger partial charge in [0.2, 0.25) is 0 Å². The summed E-state index contributed by atoms with van der Waals surface area (Å²) in [4.78, 5) is 0. The van der Waals surface area contributed by atoms with Crippen molar-refractivity contribution in [3.8, 4) is 0 Å². The molecule has 116 valence electrons. The first-order chi connectivity index (χ1) is 9.41. The molecule has 0 rings (SSSR count). The Morgan fingerprint density at radius 3 is 1.95 bits per heavy atom. The molecule has 0 heterocycles. The van der Waals surface area contributed by atoms with Crippen LogP contribution in [0.5, 0.6) is 0 Å². The molecule has 19 heavy (non-hydrogen) atoms. The van der Waals surface area contributed by atoms with E-state index in [2.05, 4.69) is 65.8 Å². The second-order valence-electron chi connectivity index (χ2n) is 3.05. The third kappa shape index (κ3) is 17.5. The number of rotatable bonds is 16. The van der Waals surface area contributed by atoms with Gasteiger partial charge in [0, 0.05) is 19.6 Å². The Balaban J connectivity index is 2.88. The summed E-state index contributed by atoms with van der Waals surface area (Å²) in [6, 6.07) is 0. The van der Waals surface area contributed by atoms with Gasteiger partial charge in [-0.05, 0) is 0 Å². The van der Waals surface area contributed by atoms with E-state index in [1.54, 1.807) is 0 Å². The van der Waals surface area contributed by atoms with Crippen molar-refractivity contribution in [1.29, 1.82) is 0 Å². The minimum absolute atomic E-state index is 0.332. The van der Waals surface area contributed by atoms with Crippen molar-refractivity contribution in [2.24, 2.45) is 5.73 Å². The van der Waals surface area contributed by atoms with E-state index in [1.807, 2.05) is 6.92 Å². The van der Waals surface area contributed by atoms with Gasteiger partial charge in [-0.15, -0.1) is 0 Å². The predicted octanol–water partition coefficient (Wildman–Crippen LogP) is -5.81. The van der Waals surface area contributed by atoms with Crippen LogP contribution in [0.4, 0.5) is 0 Å². The quantitative estimate of drug-likeness (QED) is 0.0733. The maximum atomic E-state index is 5.18. The molecule has 0 bridgehead atoms. The second-order valence-corrected chi connectivity index (χ2v) is 3.05. The van der Waals surface area contributed by atoms with E-state index in [4.69, 9.17) is 5.73 Å². The number of nitrogens with one attached hydrogen (secondary N) is 12. The highest BCUT2D eigenvalue weighted by Crippen LogP contribution is 1.48. The van der Waals surface area contributed by atoms with Gasteiger partial charge in [-0.25, -0.2) is 32.6 Å². The fourth-order valence-electron chi connectivity index (χ4n) is 0.793. The second kappa shape index (κ2) is 17.5. The van der Waals surface area contributed by atoms with E-state index in [1.165, 1.54) is 0 Å². The maximum absolute atomic E-state index is 5.18. The number of hydrogen-bond donors (Lipinski definition) is 13. The van der Waals surface area contributed by atoms with E-state index in [9.17, 15) is 0 Å². The molecule has 14 N–H and O–H groups in total. The van der Waals surface area contributed by atoms with Crippen molar-refractivity contribution in [3.63, 3.8) is 0 Å². The molecular weight excluding hydrogens is 254 g/mol. The largest absolute Gasteiger partial charge is 0.317 e. The monoisotopic (exact) mass is 281 g/mol. The van der Waals surface area contributed by atoms with Crippen LogP contribution in [-0.2, 0) is 0 Å². The Hall–Kier alpha value is -0.520. The third-order valence-corrected chi connectivity index (χ3v) is 1.55. The van der Waals surface area contributed by atoms with Crippen LogP contribution in [0.1, 0.15) is 6.92 Å². The maximum Gasteiger partial charge on any atom is 0.0747 e. The topological polar surface area (TPSA) is 170 Å². The molecule has 0 saturated heterocycles. The zero-order valence-corrected chi connectivity index (χ0v) is 11.1. The molecule has 0 radical (unpaired) electrons. The van der Waals surface area contributed by atoms with Gasteiger partial charge in [0.05, 0.1) is 13.3 Å². The van der Waals surface area contributed by atoms with Crippen molar-refractivity contribution in [2.45, 2.75) is 6.92 Å². The molecule has 0 unspecified atom stereocenters. The fourth-order valence-corrected chi connectivity index (χ4v) is 0.793. The molecular formula is C6H27N13. The van der Waals surface area contributed by atoms with Gasteiger partial charge in [-0.1, -0.05) is 6.92 Å². The third-order valence-electron chi connectivity index (χ3n) is 1.55. The summed E-state index contributed by atoms with van der Waals surface area (Å²) in [5, 5.41) is 0. The van der Waals surface area contributed by atoms with E-state index < -0.39 is 0 Å². The molecule has 13 heteroatoms. The molecule has 0 aromatic carbocycles. The molecule has 0 aromatic rings. The lowest BCUT2D eigenvalue weighted by Crippen LogP contribution is -2.58. The van der Waals surface area contributed by atoms with Crippen molar-refractivity contribution in [1.82, 2.24) is 65.8 Å². The van der Waals surface area contributed by atoms with Crippen LogP contribution in [0.3, 0.4) is 0 Å². The first-order valence-electron chi connectivity index (χ1n) is 5.99. The Morgan fingerprint density at radius 1 is 0.632 bits per heavy atom. The van der Waals surface area contributed by atoms with E-state index in [0.717, 1.165) is 6.54 Å². The van der Waals surface area contributed by atoms with Crippen LogP contribution < -0.4 is 71.5 Å². The average Bonchev–Trinajstić information content (AvgIpc) is 2.43. The average molecular weight is 281 g/mol. The Labute approximate surface area is 112 Å². The molecule has 0 aliphatic rings. The summed E-state index contributed by atoms with van der Waals surface area (Å²) in [6.45, 7) is 5.07. The first kappa shape index (κ1) is 18.5. The van der Waals surface area contributed by atoms with Crippen molar-refractivity contribution >= 4 is 0 Å². The van der Waals surface area contributed by atoms with Crippen LogP contribution in [0.2, 0.25) is 0 Å². The van der Waals surface area contributed by atoms with Crippen LogP contribution in [-0.4, -0.2) is 33.0 Å². The Kier molecular flexibility index (Phi) is 17.0. The highest BCUT2D eigenvalue weighted by Gasteiger charge is 1.86. The predicted molar refractivity (Wildman–Crippen MR) is 71.8 cm³/mol. The van der Waals surface area contributed by atoms with Gasteiger partial charge < -0.3 is 5.73 Å². The normalized spacial score (nSPS) is 11.1. The Morgan fingerprint density at radius 2 is 1.21 bits per heavy atom. The molecule has 0 atom stereocenters. The minimum Gasteiger partial charge on any atom is -0.317 e. The van der Waals surface area contributed by atoms with Gasteiger partial charge in [0.25, 0.3) is 0 Å². The molecule has 0 amide bonds. The Bertz CT molecular complexity index is 140. The molecule has 13 nitrogen and oxygen atoms in total. The SMILES string of the molecule is CCNNNNCNNNCCNNNNNCN. The van der Waals surface area contributed by atoms with E-state index in [0.29, 0.717) is 26.4 Å². The summed E-state index contributed by atoms with van der Waals surface area (Å²) in [7, 11) is 0. The number of hydrogen-bond acceptors (Lipinski definition) is 13. The van der Waals surface area contributed by atoms with E-state index in [-0.39, 0.29) is 0 Å². The molecule has 0 aliphatic carbocycles. The standard InChI is InChI=1S/C6H27N13/c1-2-8-15-18-13-6-12-14-9-3-4-10-16-19-17-11-5-7/h8-19H,2-7H2,1H3. The van der Waals surface area contributed by atoms with Crippen molar-refractivity contribution in [2.75, 3.05) is 33.0 Å². The van der Waals surface area contributed by atoms with Crippen LogP contribution >= 0.6 is 0 Å². The lowest BCUT2D eigenvalue weighted by molar-refractivity contribution is 0.314. The van der Waals surface area contributed by atoms with Crippen LogP contribution in [0.15, 0.2) is 0 Å². The molecule has 0 fully saturated rings. The number of hydrazine groups is 9. The lowest BCUT2D eigenvalue weighted by Gasteiger charge is -2.12. The number of nitrogens with two attached hydrogens (primary N) is 1. The highest BCUT2D eigenvalue weighted by molar-refractivity contribution is 4.41. The van der Waals surface area contributed by atoms with Crippen molar-refractivity contribution < 1.29 is 0 Å². The van der Waals surface area contributed by atoms with E-state index >= 15 is 0 Å². The smallest absolute Gasteiger partial charge is 0.0747 e. The zero-order valence-electron chi connectivity index (χ0n) is 11.1. The van der Waals surface area contributed by atoms with Crippen LogP contribution in [0.25, 0.3) is 0 Å². The van der Waals surface area contributed by atoms with Crippen molar-refractivity contribution in [3.05, 3.63) is 0 Å². The van der Waals surface area contributed by atoms with Gasteiger partial charge in [-0.3, -0.25) is 0 Å². The van der Waals surface area contributed by atoms with Gasteiger partial charge >= 0.3 is 0 Å². The summed E-state index contributed by atoms with van der Waals surface area (Å²) < 4.78 is 0. The lowest BCUT2D eigenvalue weighted by atomic mass is 10.7. The van der Waals surface area contributed by atoms with Gasteiger partial charge in [0.15, 0.2) is 0 Å². The summed E-state index contributed by atoms with van der Waals surface area (Å²) in [5.74, 6) is 0. The summed E-state index contributed by atoms with van der Waals surface area (Å²) >= 11 is 0. The van der Waals surface area contributed by atoms with Crippen LogP contribution in [0, 0.1) is 0 Å². The summed E-state index contributed by atoms with van der Waals surface area (Å²) in [6.07, 6.45) is 0. The van der Waals surface area contributed by atoms with Gasteiger partial charge in [0.1, 0.15) is 0 Å². The molecule has 0 spiro atoms. The van der Waals surface area contributed by atoms with Gasteiger partial charge in [-0.2, -0.15) is 33.2 Å². The highest BCUT2D eigenvalue weighted by atomic mass is 15.8. The minimum atomic E-state index is 0.332. The fraction of sp³-hybridized carbons (Fsp3) is 1.00. The zero-order chi connectivity index (χ0) is 14.0. The first-order valence-corrected chi connectivity index (χ1v) is 5.99. The molecule has 0 aliphatic heterocycles. The molecule has 0 saturated carbocycles. The summed E-state index contributed by atoms with van der Waals surface area (Å²) in [5.41, 5.74) is 38.4.